The molecule has 35 heavy (non-hydrogen) atoms. The maximum Gasteiger partial charge on any atom is 0.330 e. The minimum Gasteiger partial charge on any atom is -0.490 e. The second kappa shape index (κ2) is 15.6. The molecule has 0 heterocycles. The Balaban J connectivity index is 1.94. The molecule has 0 radical (unpaired) electrons. The number of hydrogen-bond donors (Lipinski definition) is 1. The Labute approximate surface area is 208 Å². The minimum absolute atomic E-state index is 0.00372. The number of rotatable bonds is 16. The van der Waals surface area contributed by atoms with E-state index < -0.39 is 5.97 Å². The highest BCUT2D eigenvalue weighted by Gasteiger charge is 2.13. The molecule has 0 aliphatic rings. The Morgan fingerprint density at radius 2 is 1.71 bits per heavy atom. The van der Waals surface area contributed by atoms with E-state index in [1.165, 1.54) is 0 Å². The van der Waals surface area contributed by atoms with Gasteiger partial charge in [-0.1, -0.05) is 45.0 Å². The van der Waals surface area contributed by atoms with Crippen molar-refractivity contribution in [2.24, 2.45) is 0 Å². The van der Waals surface area contributed by atoms with Gasteiger partial charge in [0.2, 0.25) is 5.91 Å². The van der Waals surface area contributed by atoms with Gasteiger partial charge in [-0.3, -0.25) is 4.79 Å². The summed E-state index contributed by atoms with van der Waals surface area (Å²) >= 11 is 0. The summed E-state index contributed by atoms with van der Waals surface area (Å²) in [4.78, 5) is 22.7. The van der Waals surface area contributed by atoms with E-state index in [1.807, 2.05) is 56.3 Å². The van der Waals surface area contributed by atoms with Gasteiger partial charge in [0, 0.05) is 24.6 Å². The van der Waals surface area contributed by atoms with E-state index in [9.17, 15) is 9.59 Å². The Hall–Kier alpha value is -3.32. The van der Waals surface area contributed by atoms with Crippen LogP contribution in [0.3, 0.4) is 0 Å². The zero-order valence-electron chi connectivity index (χ0n) is 21.0. The fourth-order valence-electron chi connectivity index (χ4n) is 3.14. The van der Waals surface area contributed by atoms with Gasteiger partial charge < -0.3 is 24.3 Å². The fourth-order valence-corrected chi connectivity index (χ4v) is 3.14. The van der Waals surface area contributed by atoms with Gasteiger partial charge in [-0.15, -0.1) is 0 Å². The van der Waals surface area contributed by atoms with Gasteiger partial charge in [0.15, 0.2) is 11.5 Å². The van der Waals surface area contributed by atoms with E-state index in [1.54, 1.807) is 0 Å². The van der Waals surface area contributed by atoms with E-state index in [2.05, 4.69) is 18.8 Å². The lowest BCUT2D eigenvalue weighted by atomic mass is 10.1. The fraction of sp³-hybridized carbons (Fsp3) is 0.429. The van der Waals surface area contributed by atoms with Crippen LogP contribution in [0.1, 0.15) is 57.3 Å². The highest BCUT2D eigenvalue weighted by Crippen LogP contribution is 2.32. The topological polar surface area (TPSA) is 83.1 Å². The molecule has 1 unspecified atom stereocenters. The summed E-state index contributed by atoms with van der Waals surface area (Å²) in [5, 5.41) is 2.85. The number of ether oxygens (including phenoxy) is 4. The number of carbonyl (C=O) groups excluding carboxylic acids is 2. The van der Waals surface area contributed by atoms with Crippen molar-refractivity contribution in [1.82, 2.24) is 0 Å². The van der Waals surface area contributed by atoms with Crippen molar-refractivity contribution < 1.29 is 28.5 Å². The van der Waals surface area contributed by atoms with Crippen molar-refractivity contribution in [3.05, 3.63) is 66.2 Å². The Kier molecular flexibility index (Phi) is 12.4. The van der Waals surface area contributed by atoms with Crippen molar-refractivity contribution >= 4 is 17.6 Å². The Bertz CT molecular complexity index is 941. The van der Waals surface area contributed by atoms with Crippen LogP contribution in [0.25, 0.3) is 0 Å². The number of benzene rings is 2. The average Bonchev–Trinajstić information content (AvgIpc) is 2.88. The first-order valence-corrected chi connectivity index (χ1v) is 12.2. The summed E-state index contributed by atoms with van der Waals surface area (Å²) in [6, 6.07) is 13.6. The minimum atomic E-state index is -0.464. The first-order valence-electron chi connectivity index (χ1n) is 12.2. The smallest absolute Gasteiger partial charge is 0.330 e. The molecule has 0 spiro atoms. The molecule has 0 saturated heterocycles. The molecule has 2 aromatic carbocycles. The molecular weight excluding hydrogens is 446 g/mol. The third-order valence-corrected chi connectivity index (χ3v) is 5.26. The van der Waals surface area contributed by atoms with Crippen molar-refractivity contribution in [2.45, 2.75) is 52.6 Å². The zero-order chi connectivity index (χ0) is 25.5. The molecule has 1 atom stereocenters. The van der Waals surface area contributed by atoms with Gasteiger partial charge in [-0.05, 0) is 48.7 Å². The second-order valence-corrected chi connectivity index (χ2v) is 7.99. The summed E-state index contributed by atoms with van der Waals surface area (Å²) in [6.45, 7) is 10.8. The first-order chi connectivity index (χ1) is 17.0. The van der Waals surface area contributed by atoms with Crippen LogP contribution in [0.4, 0.5) is 5.69 Å². The summed E-state index contributed by atoms with van der Waals surface area (Å²) in [5.41, 5.74) is 2.85. The lowest BCUT2D eigenvalue weighted by molar-refractivity contribution is -0.139. The molecule has 7 heteroatoms. The third-order valence-electron chi connectivity index (χ3n) is 5.26. The summed E-state index contributed by atoms with van der Waals surface area (Å²) in [6.07, 6.45) is 4.09. The number of esters is 1. The molecule has 190 valence electrons. The van der Waals surface area contributed by atoms with E-state index in [4.69, 9.17) is 18.9 Å². The van der Waals surface area contributed by atoms with E-state index in [0.29, 0.717) is 31.1 Å². The van der Waals surface area contributed by atoms with Gasteiger partial charge in [0.25, 0.3) is 0 Å². The monoisotopic (exact) mass is 483 g/mol. The predicted molar refractivity (Wildman–Crippen MR) is 137 cm³/mol. The molecule has 1 N–H and O–H groups in total. The van der Waals surface area contributed by atoms with E-state index in [-0.39, 0.29) is 25.2 Å². The second-order valence-electron chi connectivity index (χ2n) is 7.99. The van der Waals surface area contributed by atoms with Gasteiger partial charge in [0.1, 0.15) is 6.61 Å². The number of nitrogens with one attached hydrogen (secondary N) is 1. The molecule has 0 aliphatic heterocycles. The lowest BCUT2D eigenvalue weighted by Crippen LogP contribution is -2.11. The highest BCUT2D eigenvalue weighted by atomic mass is 16.6. The quantitative estimate of drug-likeness (QED) is 0.189. The van der Waals surface area contributed by atoms with Gasteiger partial charge in [-0.2, -0.15) is 0 Å². The molecular formula is C28H37NO6. The van der Waals surface area contributed by atoms with Crippen LogP contribution < -0.4 is 14.8 Å². The standard InChI is InChI=1S/C28H37NO6/c1-5-8-16-33-26-20-23(21(4)32-18-19-35-28(31)7-3)11-14-25(26)34-17-15-22-9-12-24(13-10-22)29-27(30)6-2/h7,9-14,20-21H,3,5-6,8,15-19H2,1-2,4H3,(H,29,30). The van der Waals surface area contributed by atoms with Crippen LogP contribution in [0.15, 0.2) is 55.1 Å². The maximum atomic E-state index is 11.5. The van der Waals surface area contributed by atoms with Crippen molar-refractivity contribution in [3.63, 3.8) is 0 Å². The zero-order valence-corrected chi connectivity index (χ0v) is 21.0. The number of hydrogen-bond acceptors (Lipinski definition) is 6. The first kappa shape index (κ1) is 27.9. The van der Waals surface area contributed by atoms with Crippen LogP contribution in [-0.4, -0.2) is 38.3 Å². The predicted octanol–water partition coefficient (Wildman–Crippen LogP) is 5.64. The summed E-state index contributed by atoms with van der Waals surface area (Å²) < 4.78 is 22.8. The molecule has 2 rings (SSSR count). The normalized spacial score (nSPS) is 11.4. The highest BCUT2D eigenvalue weighted by molar-refractivity contribution is 5.90. The Morgan fingerprint density at radius 1 is 0.971 bits per heavy atom. The largest absolute Gasteiger partial charge is 0.490 e. The molecule has 7 nitrogen and oxygen atoms in total. The lowest BCUT2D eigenvalue weighted by Gasteiger charge is -2.18. The number of amides is 1. The van der Waals surface area contributed by atoms with Crippen LogP contribution in [0.2, 0.25) is 0 Å². The van der Waals surface area contributed by atoms with E-state index in [0.717, 1.165) is 42.2 Å². The SMILES string of the molecule is C=CC(=O)OCCOC(C)c1ccc(OCCc2ccc(NC(=O)CC)cc2)c(OCCCC)c1. The third kappa shape index (κ3) is 10.2. The maximum absolute atomic E-state index is 11.5. The number of anilines is 1. The van der Waals surface area contributed by atoms with Crippen LogP contribution >= 0.6 is 0 Å². The molecule has 2 aromatic rings. The van der Waals surface area contributed by atoms with Crippen molar-refractivity contribution in [2.75, 3.05) is 31.7 Å². The molecule has 0 aromatic heterocycles. The summed E-state index contributed by atoms with van der Waals surface area (Å²) in [7, 11) is 0. The molecule has 1 amide bonds. The van der Waals surface area contributed by atoms with Crippen LogP contribution in [-0.2, 0) is 25.5 Å². The van der Waals surface area contributed by atoms with Crippen molar-refractivity contribution in [3.8, 4) is 11.5 Å². The Morgan fingerprint density at radius 3 is 2.40 bits per heavy atom. The molecule has 0 saturated carbocycles. The van der Waals surface area contributed by atoms with E-state index >= 15 is 0 Å². The molecule has 0 aliphatic carbocycles. The van der Waals surface area contributed by atoms with Gasteiger partial charge >= 0.3 is 5.97 Å². The number of carbonyl (C=O) groups is 2. The molecule has 0 bridgehead atoms. The number of unbranched alkanes of at least 4 members (excludes halogenated alkanes) is 1. The van der Waals surface area contributed by atoms with Gasteiger partial charge in [0.05, 0.1) is 25.9 Å². The van der Waals surface area contributed by atoms with Crippen LogP contribution in [0.5, 0.6) is 11.5 Å². The molecule has 0 fully saturated rings. The average molecular weight is 484 g/mol. The van der Waals surface area contributed by atoms with Crippen molar-refractivity contribution in [1.29, 1.82) is 0 Å². The van der Waals surface area contributed by atoms with Crippen LogP contribution in [0, 0.1) is 0 Å². The summed E-state index contributed by atoms with van der Waals surface area (Å²) in [5.74, 6) is 0.899. The van der Waals surface area contributed by atoms with Gasteiger partial charge in [-0.25, -0.2) is 4.79 Å².